The number of fused-ring (bicyclic) bond motifs is 7. The van der Waals surface area contributed by atoms with Crippen LogP contribution in [0.3, 0.4) is 0 Å². The quantitative estimate of drug-likeness (QED) is 0.326. The van der Waals surface area contributed by atoms with Gasteiger partial charge in [-0.15, -0.1) is 0 Å². The Labute approximate surface area is 191 Å². The van der Waals surface area contributed by atoms with Gasteiger partial charge in [-0.3, -0.25) is 0 Å². The molecule has 0 N–H and O–H groups in total. The van der Waals surface area contributed by atoms with Crippen LogP contribution in [0.5, 0.6) is 11.5 Å². The van der Waals surface area contributed by atoms with Crippen molar-refractivity contribution in [3.05, 3.63) is 109 Å². The number of rotatable bonds is 1. The first-order valence-electron chi connectivity index (χ1n) is 11.4. The second-order valence-electron chi connectivity index (χ2n) is 8.90. The summed E-state index contributed by atoms with van der Waals surface area (Å²) in [6, 6.07) is 39.1. The molecule has 1 aromatic heterocycles. The third-order valence-corrected chi connectivity index (χ3v) is 7.27. The summed E-state index contributed by atoms with van der Waals surface area (Å²) in [6.07, 6.45) is 0. The van der Waals surface area contributed by atoms with Crippen molar-refractivity contribution < 1.29 is 4.74 Å². The van der Waals surface area contributed by atoms with Crippen molar-refractivity contribution >= 4 is 44.9 Å². The molecule has 0 unspecified atom stereocenters. The standard InChI is InChI=1S/C30H18BNO/c1-2-9-19(10-3-1)20-12-7-17-26-28(20)31-23-14-6-13-22-21-11-4-5-15-24(21)32(30(22)23)25-16-8-18-27(33-26)29(25)31/h1-18H. The van der Waals surface area contributed by atoms with Crippen LogP contribution >= 0.6 is 0 Å². The summed E-state index contributed by atoms with van der Waals surface area (Å²) in [5.41, 5.74) is 10.1. The van der Waals surface area contributed by atoms with Crippen molar-refractivity contribution in [3.8, 4) is 28.3 Å². The summed E-state index contributed by atoms with van der Waals surface area (Å²) in [5.74, 6) is 1.91. The van der Waals surface area contributed by atoms with E-state index in [1.165, 1.54) is 55.0 Å². The molecule has 2 aliphatic heterocycles. The number of ether oxygens (including phenoxy) is 1. The van der Waals surface area contributed by atoms with Crippen LogP contribution in [0.25, 0.3) is 38.6 Å². The van der Waals surface area contributed by atoms with Crippen molar-refractivity contribution in [2.45, 2.75) is 0 Å². The Morgan fingerprint density at radius 2 is 1.30 bits per heavy atom. The highest BCUT2D eigenvalue weighted by Crippen LogP contribution is 2.38. The van der Waals surface area contributed by atoms with Gasteiger partial charge in [-0.2, -0.15) is 0 Å². The molecule has 0 saturated heterocycles. The van der Waals surface area contributed by atoms with E-state index in [9.17, 15) is 0 Å². The van der Waals surface area contributed by atoms with Crippen LogP contribution in [0.4, 0.5) is 0 Å². The minimum Gasteiger partial charge on any atom is -0.458 e. The van der Waals surface area contributed by atoms with E-state index in [0.717, 1.165) is 11.5 Å². The summed E-state index contributed by atoms with van der Waals surface area (Å²) in [4.78, 5) is 0. The van der Waals surface area contributed by atoms with Crippen LogP contribution in [0, 0.1) is 0 Å². The molecule has 2 nitrogen and oxygen atoms in total. The van der Waals surface area contributed by atoms with Gasteiger partial charge in [0.2, 0.25) is 0 Å². The fourth-order valence-electron chi connectivity index (χ4n) is 6.01. The summed E-state index contributed by atoms with van der Waals surface area (Å²) in [6.45, 7) is 0.122. The molecule has 0 aliphatic carbocycles. The maximum absolute atomic E-state index is 6.57. The molecule has 6 aromatic rings. The largest absolute Gasteiger partial charge is 0.458 e. The van der Waals surface area contributed by atoms with Crippen LogP contribution in [0.2, 0.25) is 0 Å². The molecule has 3 heterocycles. The second-order valence-corrected chi connectivity index (χ2v) is 8.90. The zero-order chi connectivity index (χ0) is 21.5. The van der Waals surface area contributed by atoms with E-state index < -0.39 is 0 Å². The molecular formula is C30H18BNO. The van der Waals surface area contributed by atoms with Gasteiger partial charge in [-0.05, 0) is 51.8 Å². The number of aromatic nitrogens is 1. The summed E-state index contributed by atoms with van der Waals surface area (Å²) >= 11 is 0. The lowest BCUT2D eigenvalue weighted by atomic mass is 9.33. The van der Waals surface area contributed by atoms with Crippen LogP contribution in [0.15, 0.2) is 109 Å². The van der Waals surface area contributed by atoms with Gasteiger partial charge in [-0.1, -0.05) is 84.9 Å². The fourth-order valence-corrected chi connectivity index (χ4v) is 6.01. The van der Waals surface area contributed by atoms with E-state index in [-0.39, 0.29) is 6.71 Å². The Bertz CT molecular complexity index is 1750. The number of nitrogens with zero attached hydrogens (tertiary/aromatic N) is 1. The van der Waals surface area contributed by atoms with E-state index in [0.29, 0.717) is 0 Å². The summed E-state index contributed by atoms with van der Waals surface area (Å²) in [5, 5.41) is 2.60. The Balaban J connectivity index is 1.57. The Morgan fingerprint density at radius 1 is 0.576 bits per heavy atom. The van der Waals surface area contributed by atoms with Gasteiger partial charge in [0.15, 0.2) is 0 Å². The van der Waals surface area contributed by atoms with Crippen LogP contribution in [-0.4, -0.2) is 11.3 Å². The molecule has 0 bridgehead atoms. The number of hydrogen-bond donors (Lipinski definition) is 0. The van der Waals surface area contributed by atoms with E-state index in [2.05, 4.69) is 114 Å². The van der Waals surface area contributed by atoms with E-state index >= 15 is 0 Å². The van der Waals surface area contributed by atoms with Crippen molar-refractivity contribution in [3.63, 3.8) is 0 Å². The SMILES string of the molecule is c1ccc(-c2cccc3c2B2c4c(cccc4-n4c5ccccc5c5cccc2c54)O3)cc1. The Hall–Kier alpha value is -4.24. The molecule has 0 atom stereocenters. The van der Waals surface area contributed by atoms with Crippen LogP contribution < -0.4 is 21.1 Å². The normalized spacial score (nSPS) is 13.0. The molecule has 8 rings (SSSR count). The fraction of sp³-hybridized carbons (Fsp3) is 0. The second kappa shape index (κ2) is 6.17. The molecule has 0 saturated carbocycles. The maximum Gasteiger partial charge on any atom is 0.257 e. The van der Waals surface area contributed by atoms with Crippen molar-refractivity contribution in [2.75, 3.05) is 0 Å². The molecular weight excluding hydrogens is 401 g/mol. The van der Waals surface area contributed by atoms with Gasteiger partial charge in [0.25, 0.3) is 6.71 Å². The topological polar surface area (TPSA) is 14.2 Å². The van der Waals surface area contributed by atoms with Crippen LogP contribution in [0.1, 0.15) is 0 Å². The maximum atomic E-state index is 6.57. The van der Waals surface area contributed by atoms with Crippen LogP contribution in [-0.2, 0) is 0 Å². The average Bonchev–Trinajstić information content (AvgIpc) is 3.22. The molecule has 0 fully saturated rings. The van der Waals surface area contributed by atoms with E-state index in [4.69, 9.17) is 4.74 Å². The van der Waals surface area contributed by atoms with E-state index in [1.54, 1.807) is 0 Å². The molecule has 3 heteroatoms. The zero-order valence-electron chi connectivity index (χ0n) is 17.8. The minimum atomic E-state index is 0.122. The minimum absolute atomic E-state index is 0.122. The first-order valence-corrected chi connectivity index (χ1v) is 11.4. The van der Waals surface area contributed by atoms with Gasteiger partial charge < -0.3 is 9.30 Å². The molecule has 33 heavy (non-hydrogen) atoms. The lowest BCUT2D eigenvalue weighted by molar-refractivity contribution is 0.487. The van der Waals surface area contributed by atoms with Gasteiger partial charge in [-0.25, -0.2) is 0 Å². The predicted octanol–water partition coefficient (Wildman–Crippen LogP) is 5.39. The number of hydrogen-bond acceptors (Lipinski definition) is 1. The smallest absolute Gasteiger partial charge is 0.257 e. The van der Waals surface area contributed by atoms with Gasteiger partial charge in [0, 0.05) is 22.0 Å². The summed E-state index contributed by atoms with van der Waals surface area (Å²) < 4.78 is 9.01. The highest BCUT2D eigenvalue weighted by molar-refractivity contribution is 7.00. The lowest BCUT2D eigenvalue weighted by Crippen LogP contribution is -2.58. The van der Waals surface area contributed by atoms with Crippen molar-refractivity contribution in [1.82, 2.24) is 4.57 Å². The van der Waals surface area contributed by atoms with Crippen molar-refractivity contribution in [1.29, 1.82) is 0 Å². The Morgan fingerprint density at radius 3 is 2.21 bits per heavy atom. The average molecular weight is 419 g/mol. The highest BCUT2D eigenvalue weighted by atomic mass is 16.5. The monoisotopic (exact) mass is 419 g/mol. The third kappa shape index (κ3) is 2.14. The zero-order valence-corrected chi connectivity index (χ0v) is 17.8. The van der Waals surface area contributed by atoms with Crippen molar-refractivity contribution in [2.24, 2.45) is 0 Å². The molecule has 152 valence electrons. The molecule has 2 aliphatic rings. The van der Waals surface area contributed by atoms with Gasteiger partial charge >= 0.3 is 0 Å². The first kappa shape index (κ1) is 17.3. The van der Waals surface area contributed by atoms with E-state index in [1.807, 2.05) is 0 Å². The Kier molecular flexibility index (Phi) is 3.24. The molecule has 0 spiro atoms. The molecule has 0 amide bonds. The molecule has 0 radical (unpaired) electrons. The number of benzene rings is 5. The predicted molar refractivity (Wildman–Crippen MR) is 137 cm³/mol. The molecule has 5 aromatic carbocycles. The summed E-state index contributed by atoms with van der Waals surface area (Å²) in [7, 11) is 0. The first-order chi connectivity index (χ1) is 16.4. The highest BCUT2D eigenvalue weighted by Gasteiger charge is 2.41. The number of para-hydroxylation sites is 2. The lowest BCUT2D eigenvalue weighted by Gasteiger charge is -2.34. The third-order valence-electron chi connectivity index (χ3n) is 7.27. The van der Waals surface area contributed by atoms with Gasteiger partial charge in [0.05, 0.1) is 5.52 Å². The van der Waals surface area contributed by atoms with Gasteiger partial charge in [0.1, 0.15) is 11.5 Å².